The van der Waals surface area contributed by atoms with Crippen LogP contribution in [-0.2, 0) is 4.79 Å². The molecule has 2 nitrogen and oxygen atoms in total. The third kappa shape index (κ3) is 4.73. The average molecular weight is 298 g/mol. The first-order chi connectivity index (χ1) is 7.59. The molecule has 2 N–H and O–H groups in total. The van der Waals surface area contributed by atoms with Gasteiger partial charge in [0.2, 0.25) is 0 Å². The van der Waals surface area contributed by atoms with Gasteiger partial charge in [0, 0.05) is 34.8 Å². The largest absolute Gasteiger partial charge is 0.398 e. The van der Waals surface area contributed by atoms with E-state index in [0.29, 0.717) is 12.1 Å². The Bertz CT molecular complexity index is 448. The van der Waals surface area contributed by atoms with Gasteiger partial charge in [-0.2, -0.15) is 0 Å². The molecule has 0 aliphatic carbocycles. The molecule has 0 fully saturated rings. The highest BCUT2D eigenvalue weighted by Gasteiger charge is 1.95. The van der Waals surface area contributed by atoms with E-state index in [4.69, 9.17) is 5.73 Å². The van der Waals surface area contributed by atoms with Gasteiger partial charge in [0.15, 0.2) is 5.12 Å². The van der Waals surface area contributed by atoms with Crippen LogP contribution in [0, 0.1) is 11.8 Å². The molecule has 1 aromatic rings. The molecule has 0 spiro atoms. The number of carbonyl (C=O) groups excluding carboxylic acids is 1. The summed E-state index contributed by atoms with van der Waals surface area (Å²) in [5.41, 5.74) is 7.29. The Kier molecular flexibility index (Phi) is 5.44. The number of hydrogen-bond donors (Lipinski definition) is 1. The van der Waals surface area contributed by atoms with Crippen LogP contribution >= 0.6 is 27.7 Å². The minimum atomic E-state index is 0.136. The summed E-state index contributed by atoms with van der Waals surface area (Å²) >= 11 is 4.65. The van der Waals surface area contributed by atoms with Gasteiger partial charge in [0.1, 0.15) is 0 Å². The molecule has 84 valence electrons. The number of benzene rings is 1. The third-order valence-electron chi connectivity index (χ3n) is 1.77. The molecular weight excluding hydrogens is 286 g/mol. The summed E-state index contributed by atoms with van der Waals surface area (Å²) < 4.78 is 0.859. The normalized spacial score (nSPS) is 9.38. The lowest BCUT2D eigenvalue weighted by Gasteiger charge is -1.97. The zero-order chi connectivity index (χ0) is 12.0. The van der Waals surface area contributed by atoms with Crippen LogP contribution in [0.5, 0.6) is 0 Å². The molecule has 0 aromatic heterocycles. The molecule has 0 amide bonds. The van der Waals surface area contributed by atoms with Crippen LogP contribution in [0.2, 0.25) is 0 Å². The summed E-state index contributed by atoms with van der Waals surface area (Å²) in [7, 11) is 0. The zero-order valence-corrected chi connectivity index (χ0v) is 11.3. The van der Waals surface area contributed by atoms with Crippen molar-refractivity contribution in [1.29, 1.82) is 0 Å². The van der Waals surface area contributed by atoms with Gasteiger partial charge in [-0.05, 0) is 34.1 Å². The molecule has 0 heterocycles. The van der Waals surface area contributed by atoms with Crippen molar-refractivity contribution in [3.8, 4) is 11.8 Å². The van der Waals surface area contributed by atoms with Crippen LogP contribution < -0.4 is 5.73 Å². The molecule has 0 radical (unpaired) electrons. The molecule has 1 rings (SSSR count). The summed E-state index contributed by atoms with van der Waals surface area (Å²) in [6.45, 7) is 1.56. The number of nitrogens with two attached hydrogens (primary N) is 1. The Labute approximate surface area is 108 Å². The summed E-state index contributed by atoms with van der Waals surface area (Å²) in [6, 6.07) is 5.59. The Morgan fingerprint density at radius 2 is 2.31 bits per heavy atom. The molecule has 0 unspecified atom stereocenters. The second-order valence-electron chi connectivity index (χ2n) is 3.13. The van der Waals surface area contributed by atoms with Gasteiger partial charge < -0.3 is 5.73 Å². The fraction of sp³-hybridized carbons (Fsp3) is 0.250. The fourth-order valence-corrected chi connectivity index (χ4v) is 1.89. The van der Waals surface area contributed by atoms with E-state index in [1.165, 1.54) is 11.8 Å². The Morgan fingerprint density at radius 1 is 1.56 bits per heavy atom. The smallest absolute Gasteiger partial charge is 0.185 e. The van der Waals surface area contributed by atoms with Crippen molar-refractivity contribution >= 4 is 38.5 Å². The molecule has 0 aliphatic heterocycles. The Balaban J connectivity index is 2.50. The number of thioether (sulfide) groups is 1. The van der Waals surface area contributed by atoms with Gasteiger partial charge in [0.25, 0.3) is 0 Å². The van der Waals surface area contributed by atoms with Gasteiger partial charge in [-0.15, -0.1) is 0 Å². The van der Waals surface area contributed by atoms with Crippen LogP contribution in [-0.4, -0.2) is 10.9 Å². The van der Waals surface area contributed by atoms with E-state index in [0.717, 1.165) is 15.8 Å². The standard InChI is InChI=1S/C12H12BrNOS/c1-9(15)16-7-3-2-4-10-5-6-12(14)11(13)8-10/h5-6,8H,3,7,14H2,1H3. The minimum Gasteiger partial charge on any atom is -0.398 e. The lowest BCUT2D eigenvalue weighted by atomic mass is 10.2. The number of anilines is 1. The van der Waals surface area contributed by atoms with Crippen molar-refractivity contribution in [3.63, 3.8) is 0 Å². The van der Waals surface area contributed by atoms with Crippen LogP contribution in [0.25, 0.3) is 0 Å². The maximum atomic E-state index is 10.7. The van der Waals surface area contributed by atoms with E-state index in [2.05, 4.69) is 27.8 Å². The molecular formula is C12H12BrNOS. The van der Waals surface area contributed by atoms with Gasteiger partial charge in [-0.1, -0.05) is 23.6 Å². The Hall–Kier alpha value is -0.920. The highest BCUT2D eigenvalue weighted by atomic mass is 79.9. The van der Waals surface area contributed by atoms with Crippen LogP contribution in [0.4, 0.5) is 5.69 Å². The van der Waals surface area contributed by atoms with Gasteiger partial charge in [-0.25, -0.2) is 0 Å². The number of hydrogen-bond acceptors (Lipinski definition) is 3. The van der Waals surface area contributed by atoms with Crippen LogP contribution in [0.1, 0.15) is 18.9 Å². The predicted molar refractivity (Wildman–Crippen MR) is 73.2 cm³/mol. The van der Waals surface area contributed by atoms with Crippen LogP contribution in [0.3, 0.4) is 0 Å². The van der Waals surface area contributed by atoms with E-state index in [1.807, 2.05) is 18.2 Å². The van der Waals surface area contributed by atoms with E-state index < -0.39 is 0 Å². The Morgan fingerprint density at radius 3 is 2.94 bits per heavy atom. The van der Waals surface area contributed by atoms with E-state index in [-0.39, 0.29) is 5.12 Å². The topological polar surface area (TPSA) is 43.1 Å². The van der Waals surface area contributed by atoms with E-state index in [9.17, 15) is 4.79 Å². The lowest BCUT2D eigenvalue weighted by molar-refractivity contribution is -0.109. The van der Waals surface area contributed by atoms with Crippen molar-refractivity contribution < 1.29 is 4.79 Å². The lowest BCUT2D eigenvalue weighted by Crippen LogP contribution is -1.87. The van der Waals surface area contributed by atoms with Gasteiger partial charge in [-0.3, -0.25) is 4.79 Å². The second-order valence-corrected chi connectivity index (χ2v) is 5.25. The van der Waals surface area contributed by atoms with Gasteiger partial charge >= 0.3 is 0 Å². The number of rotatable bonds is 2. The molecule has 0 atom stereocenters. The highest BCUT2D eigenvalue weighted by molar-refractivity contribution is 9.10. The van der Waals surface area contributed by atoms with Crippen molar-refractivity contribution in [2.45, 2.75) is 13.3 Å². The molecule has 0 bridgehead atoms. The maximum absolute atomic E-state index is 10.7. The summed E-state index contributed by atoms with van der Waals surface area (Å²) in [5.74, 6) is 6.79. The van der Waals surface area contributed by atoms with Crippen LogP contribution in [0.15, 0.2) is 22.7 Å². The van der Waals surface area contributed by atoms with Crippen molar-refractivity contribution in [2.75, 3.05) is 11.5 Å². The highest BCUT2D eigenvalue weighted by Crippen LogP contribution is 2.19. The molecule has 0 saturated carbocycles. The molecule has 1 aromatic carbocycles. The number of halogens is 1. The first-order valence-electron chi connectivity index (χ1n) is 4.77. The number of nitrogen functional groups attached to an aromatic ring is 1. The van der Waals surface area contributed by atoms with Gasteiger partial charge in [0.05, 0.1) is 0 Å². The maximum Gasteiger partial charge on any atom is 0.185 e. The van der Waals surface area contributed by atoms with E-state index >= 15 is 0 Å². The summed E-state index contributed by atoms with van der Waals surface area (Å²) in [6.07, 6.45) is 0.715. The minimum absolute atomic E-state index is 0.136. The molecule has 16 heavy (non-hydrogen) atoms. The monoisotopic (exact) mass is 297 g/mol. The predicted octanol–water partition coefficient (Wildman–Crippen LogP) is 3.05. The van der Waals surface area contributed by atoms with Crippen molar-refractivity contribution in [3.05, 3.63) is 28.2 Å². The first kappa shape index (κ1) is 13.1. The SMILES string of the molecule is CC(=O)SCCC#Cc1ccc(N)c(Br)c1. The molecule has 4 heteroatoms. The summed E-state index contributed by atoms with van der Waals surface area (Å²) in [4.78, 5) is 10.7. The molecule has 0 aliphatic rings. The quantitative estimate of drug-likeness (QED) is 0.518. The van der Waals surface area contributed by atoms with E-state index in [1.54, 1.807) is 6.92 Å². The second kappa shape index (κ2) is 6.62. The average Bonchev–Trinajstić information content (AvgIpc) is 2.22. The number of carbonyl (C=O) groups is 1. The third-order valence-corrected chi connectivity index (χ3v) is 3.27. The first-order valence-corrected chi connectivity index (χ1v) is 6.54. The zero-order valence-electron chi connectivity index (χ0n) is 8.92. The molecule has 0 saturated heterocycles. The fourth-order valence-electron chi connectivity index (χ4n) is 1.02. The summed E-state index contributed by atoms with van der Waals surface area (Å²) in [5, 5.41) is 0.136. The van der Waals surface area contributed by atoms with Crippen molar-refractivity contribution in [1.82, 2.24) is 0 Å². The van der Waals surface area contributed by atoms with Crippen molar-refractivity contribution in [2.24, 2.45) is 0 Å².